The summed E-state index contributed by atoms with van der Waals surface area (Å²) in [6.45, 7) is 11.2. The minimum absolute atomic E-state index is 0.178. The Kier molecular flexibility index (Phi) is 3.25. The number of hydrogen-bond donors (Lipinski definition) is 1. The Morgan fingerprint density at radius 2 is 1.50 bits per heavy atom. The SMILES string of the molecule is CC(C)(C)N/N=C(/F)C(C)(C)C. The number of hydrazone groups is 1. The van der Waals surface area contributed by atoms with Crippen LogP contribution in [0.3, 0.4) is 0 Å². The molecule has 0 aliphatic rings. The topological polar surface area (TPSA) is 24.4 Å². The molecule has 0 unspecified atom stereocenters. The highest BCUT2D eigenvalue weighted by atomic mass is 19.1. The van der Waals surface area contributed by atoms with E-state index in [-0.39, 0.29) is 11.5 Å². The quantitative estimate of drug-likeness (QED) is 0.479. The van der Waals surface area contributed by atoms with E-state index in [4.69, 9.17) is 0 Å². The molecule has 0 saturated carbocycles. The number of hydrogen-bond acceptors (Lipinski definition) is 2. The van der Waals surface area contributed by atoms with Crippen LogP contribution in [0, 0.1) is 5.41 Å². The molecule has 0 fully saturated rings. The fourth-order valence-corrected chi connectivity index (χ4v) is 0.384. The van der Waals surface area contributed by atoms with E-state index in [0.717, 1.165) is 0 Å². The lowest BCUT2D eigenvalue weighted by Crippen LogP contribution is -2.33. The molecule has 0 aromatic carbocycles. The molecule has 0 aliphatic carbocycles. The summed E-state index contributed by atoms with van der Waals surface area (Å²) in [5.41, 5.74) is 2.06. The van der Waals surface area contributed by atoms with Crippen LogP contribution in [0.25, 0.3) is 0 Å². The first-order valence-electron chi connectivity index (χ1n) is 4.14. The second-order valence-electron chi connectivity index (χ2n) is 5.01. The molecule has 0 aliphatic heterocycles. The Balaban J connectivity index is 4.21. The lowest BCUT2D eigenvalue weighted by Gasteiger charge is -2.20. The van der Waals surface area contributed by atoms with Gasteiger partial charge in [-0.2, -0.15) is 9.49 Å². The van der Waals surface area contributed by atoms with E-state index < -0.39 is 5.41 Å². The third-order valence-electron chi connectivity index (χ3n) is 1.11. The van der Waals surface area contributed by atoms with Crippen molar-refractivity contribution in [3.8, 4) is 0 Å². The normalized spacial score (nSPS) is 14.8. The zero-order valence-electron chi connectivity index (χ0n) is 8.83. The van der Waals surface area contributed by atoms with Crippen molar-refractivity contribution in [2.75, 3.05) is 0 Å². The number of halogens is 1. The van der Waals surface area contributed by atoms with Crippen molar-refractivity contribution in [3.05, 3.63) is 0 Å². The average molecular weight is 174 g/mol. The first-order chi connectivity index (χ1) is 5.13. The van der Waals surface area contributed by atoms with Gasteiger partial charge >= 0.3 is 0 Å². The van der Waals surface area contributed by atoms with Gasteiger partial charge in [-0.1, -0.05) is 20.8 Å². The second kappa shape index (κ2) is 3.42. The molecule has 0 aromatic heterocycles. The van der Waals surface area contributed by atoms with E-state index in [9.17, 15) is 4.39 Å². The number of nitrogens with one attached hydrogen (secondary N) is 1. The highest BCUT2D eigenvalue weighted by Gasteiger charge is 2.19. The zero-order valence-corrected chi connectivity index (χ0v) is 8.83. The van der Waals surface area contributed by atoms with Gasteiger partial charge in [0.25, 0.3) is 0 Å². The molecule has 0 spiro atoms. The van der Waals surface area contributed by atoms with Crippen molar-refractivity contribution < 1.29 is 4.39 Å². The minimum atomic E-state index is -0.502. The van der Waals surface area contributed by atoms with Crippen molar-refractivity contribution in [3.63, 3.8) is 0 Å². The maximum absolute atomic E-state index is 13.1. The van der Waals surface area contributed by atoms with Crippen LogP contribution < -0.4 is 5.43 Å². The first kappa shape index (κ1) is 11.4. The maximum atomic E-state index is 13.1. The van der Waals surface area contributed by atoms with Crippen molar-refractivity contribution in [1.82, 2.24) is 5.43 Å². The molecule has 3 heteroatoms. The lowest BCUT2D eigenvalue weighted by atomic mass is 9.98. The Morgan fingerprint density at radius 3 is 1.75 bits per heavy atom. The van der Waals surface area contributed by atoms with Gasteiger partial charge in [0.1, 0.15) is 0 Å². The second-order valence-corrected chi connectivity index (χ2v) is 5.01. The van der Waals surface area contributed by atoms with E-state index in [1.54, 1.807) is 20.8 Å². The predicted octanol–water partition coefficient (Wildman–Crippen LogP) is 2.70. The van der Waals surface area contributed by atoms with E-state index in [1.165, 1.54) is 0 Å². The summed E-state index contributed by atoms with van der Waals surface area (Å²) in [6.07, 6.45) is 0. The largest absolute Gasteiger partial charge is 0.302 e. The van der Waals surface area contributed by atoms with E-state index >= 15 is 0 Å². The molecule has 0 saturated heterocycles. The van der Waals surface area contributed by atoms with Gasteiger partial charge in [-0.05, 0) is 20.8 Å². The molecule has 72 valence electrons. The summed E-state index contributed by atoms with van der Waals surface area (Å²) < 4.78 is 13.1. The van der Waals surface area contributed by atoms with Gasteiger partial charge in [0.05, 0.1) is 0 Å². The highest BCUT2D eigenvalue weighted by molar-refractivity contribution is 5.79. The molecule has 0 atom stereocenters. The summed E-state index contributed by atoms with van der Waals surface area (Å²) >= 11 is 0. The monoisotopic (exact) mass is 174 g/mol. The van der Waals surface area contributed by atoms with Crippen molar-refractivity contribution in [1.29, 1.82) is 0 Å². The van der Waals surface area contributed by atoms with Gasteiger partial charge in [-0.25, -0.2) is 0 Å². The minimum Gasteiger partial charge on any atom is -0.302 e. The standard InChI is InChI=1S/C9H19FN2/c1-8(2,3)7(10)11-12-9(4,5)6/h12H,1-6H3/b11-7+. The third kappa shape index (κ3) is 5.10. The fraction of sp³-hybridized carbons (Fsp3) is 0.889. The van der Waals surface area contributed by atoms with Crippen LogP contribution in [0.2, 0.25) is 0 Å². The van der Waals surface area contributed by atoms with Crippen LogP contribution in [-0.2, 0) is 0 Å². The Labute approximate surface area is 74.2 Å². The van der Waals surface area contributed by atoms with Gasteiger partial charge in [-0.3, -0.25) is 0 Å². The lowest BCUT2D eigenvalue weighted by molar-refractivity contribution is 0.421. The van der Waals surface area contributed by atoms with E-state index in [0.29, 0.717) is 0 Å². The average Bonchev–Trinajstić information content (AvgIpc) is 1.78. The maximum Gasteiger partial charge on any atom is 0.212 e. The molecule has 0 heterocycles. The molecular weight excluding hydrogens is 155 g/mol. The van der Waals surface area contributed by atoms with Crippen LogP contribution in [0.1, 0.15) is 41.5 Å². The molecule has 0 rings (SSSR count). The molecule has 2 nitrogen and oxygen atoms in total. The van der Waals surface area contributed by atoms with Crippen LogP contribution in [-0.4, -0.2) is 11.5 Å². The van der Waals surface area contributed by atoms with Gasteiger partial charge in [0.2, 0.25) is 5.97 Å². The Bertz CT molecular complexity index is 172. The molecule has 0 radical (unpaired) electrons. The van der Waals surface area contributed by atoms with Gasteiger partial charge in [0, 0.05) is 11.0 Å². The van der Waals surface area contributed by atoms with Gasteiger partial charge in [-0.15, -0.1) is 0 Å². The fourth-order valence-electron chi connectivity index (χ4n) is 0.384. The zero-order chi connectivity index (χ0) is 9.99. The predicted molar refractivity (Wildman–Crippen MR) is 50.9 cm³/mol. The molecule has 1 N–H and O–H groups in total. The van der Waals surface area contributed by atoms with Gasteiger partial charge in [0.15, 0.2) is 0 Å². The van der Waals surface area contributed by atoms with Gasteiger partial charge < -0.3 is 5.43 Å². The summed E-state index contributed by atoms with van der Waals surface area (Å²) in [4.78, 5) is 0. The van der Waals surface area contributed by atoms with Crippen LogP contribution >= 0.6 is 0 Å². The Hall–Kier alpha value is -0.600. The Morgan fingerprint density at radius 1 is 1.08 bits per heavy atom. The van der Waals surface area contributed by atoms with E-state index in [1.807, 2.05) is 20.8 Å². The molecule has 0 aromatic rings. The molecule has 12 heavy (non-hydrogen) atoms. The van der Waals surface area contributed by atoms with Crippen molar-refractivity contribution >= 4 is 5.97 Å². The highest BCUT2D eigenvalue weighted by Crippen LogP contribution is 2.16. The van der Waals surface area contributed by atoms with Crippen LogP contribution in [0.15, 0.2) is 5.10 Å². The van der Waals surface area contributed by atoms with Crippen molar-refractivity contribution in [2.24, 2.45) is 10.5 Å². The molecular formula is C9H19FN2. The van der Waals surface area contributed by atoms with Crippen molar-refractivity contribution in [2.45, 2.75) is 47.1 Å². The van der Waals surface area contributed by atoms with E-state index in [2.05, 4.69) is 10.5 Å². The summed E-state index contributed by atoms with van der Waals surface area (Å²) in [6, 6.07) is 0. The summed E-state index contributed by atoms with van der Waals surface area (Å²) in [7, 11) is 0. The van der Waals surface area contributed by atoms with Crippen LogP contribution in [0.5, 0.6) is 0 Å². The first-order valence-corrected chi connectivity index (χ1v) is 4.14. The number of nitrogens with zero attached hydrogens (tertiary/aromatic N) is 1. The van der Waals surface area contributed by atoms with Crippen LogP contribution in [0.4, 0.5) is 4.39 Å². The third-order valence-corrected chi connectivity index (χ3v) is 1.11. The molecule has 0 bridgehead atoms. The summed E-state index contributed by atoms with van der Waals surface area (Å²) in [5.74, 6) is -0.363. The summed E-state index contributed by atoms with van der Waals surface area (Å²) in [5, 5.41) is 3.67. The smallest absolute Gasteiger partial charge is 0.212 e. The molecule has 0 amide bonds. The number of rotatable bonds is 1.